The minimum atomic E-state index is 0.500. The second-order valence-electron chi connectivity index (χ2n) is 6.28. The highest BCUT2D eigenvalue weighted by Gasteiger charge is 1.94. The van der Waals surface area contributed by atoms with Gasteiger partial charge in [-0.15, -0.1) is 11.3 Å². The summed E-state index contributed by atoms with van der Waals surface area (Å²) in [6, 6.07) is 13.9. The second-order valence-corrected chi connectivity index (χ2v) is 7.03. The standard InChI is InChI=1S/C8H7N.C5H11N.C4H4O.C3H3NS.C3H6O2/c1-2-4-8-7(3-1)5-6-9-8;1-2-4-6-5-3-1;1-2-4-5-3-1;2*1-2-5-3-4-1/h1-6,9H;6H,1-5H2;1-4H;1-3H;1-3H2. The third-order valence-electron chi connectivity index (χ3n) is 3.98. The van der Waals surface area contributed by atoms with Crippen molar-refractivity contribution in [2.24, 2.45) is 0 Å². The highest BCUT2D eigenvalue weighted by molar-refractivity contribution is 7.07. The average Bonchev–Trinajstić information content (AvgIpc) is 3.67. The van der Waals surface area contributed by atoms with E-state index in [0.29, 0.717) is 6.79 Å². The van der Waals surface area contributed by atoms with Crippen LogP contribution in [0.2, 0.25) is 0 Å². The first-order chi connectivity index (χ1) is 15.0. The van der Waals surface area contributed by atoms with Crippen LogP contribution in [0.25, 0.3) is 10.9 Å². The van der Waals surface area contributed by atoms with Crippen molar-refractivity contribution in [1.29, 1.82) is 0 Å². The molecule has 5 heterocycles. The zero-order valence-corrected chi connectivity index (χ0v) is 18.1. The van der Waals surface area contributed by atoms with Gasteiger partial charge in [0.05, 0.1) is 31.3 Å². The lowest BCUT2D eigenvalue weighted by Gasteiger charge is -2.08. The number of hydrogen-bond acceptors (Lipinski definition) is 6. The maximum atomic E-state index is 4.72. The van der Waals surface area contributed by atoms with E-state index in [-0.39, 0.29) is 0 Å². The lowest BCUT2D eigenvalue weighted by atomic mass is 10.2. The SMILES string of the molecule is C1CCNCC1.C1COCO1.c1ccc2[nH]ccc2c1.c1ccoc1.c1cscn1. The van der Waals surface area contributed by atoms with Crippen LogP contribution in [0.4, 0.5) is 0 Å². The summed E-state index contributed by atoms with van der Waals surface area (Å²) in [5.74, 6) is 0. The van der Waals surface area contributed by atoms with E-state index in [4.69, 9.17) is 9.47 Å². The number of piperidine rings is 1. The van der Waals surface area contributed by atoms with Gasteiger partial charge in [0.1, 0.15) is 6.79 Å². The van der Waals surface area contributed by atoms with E-state index in [1.165, 1.54) is 43.3 Å². The topological polar surface area (TPSA) is 72.3 Å². The molecule has 0 atom stereocenters. The van der Waals surface area contributed by atoms with Gasteiger partial charge in [0.2, 0.25) is 0 Å². The van der Waals surface area contributed by atoms with Crippen LogP contribution >= 0.6 is 11.3 Å². The number of aromatic nitrogens is 2. The number of furan rings is 1. The molecule has 162 valence electrons. The summed E-state index contributed by atoms with van der Waals surface area (Å²) in [6.45, 7) is 4.56. The molecule has 0 amide bonds. The van der Waals surface area contributed by atoms with E-state index < -0.39 is 0 Å². The lowest BCUT2D eigenvalue weighted by molar-refractivity contribution is 0.0692. The molecule has 0 saturated carbocycles. The highest BCUT2D eigenvalue weighted by atomic mass is 32.1. The molecule has 4 aromatic rings. The van der Waals surface area contributed by atoms with Crippen molar-refractivity contribution in [2.75, 3.05) is 33.1 Å². The normalized spacial score (nSPS) is 14.5. The number of H-pyrrole nitrogens is 1. The van der Waals surface area contributed by atoms with Gasteiger partial charge in [-0.3, -0.25) is 4.98 Å². The first-order valence-electron chi connectivity index (χ1n) is 10.1. The van der Waals surface area contributed by atoms with Crippen LogP contribution in [0.3, 0.4) is 0 Å². The fourth-order valence-electron chi connectivity index (χ4n) is 2.49. The van der Waals surface area contributed by atoms with E-state index in [9.17, 15) is 0 Å². The van der Waals surface area contributed by atoms with Crippen molar-refractivity contribution in [1.82, 2.24) is 15.3 Å². The molecule has 0 spiro atoms. The van der Waals surface area contributed by atoms with Crippen LogP contribution < -0.4 is 5.32 Å². The molecule has 0 bridgehead atoms. The first kappa shape index (κ1) is 23.8. The Balaban J connectivity index is 0.000000137. The molecule has 1 aromatic carbocycles. The van der Waals surface area contributed by atoms with Crippen LogP contribution in [0, 0.1) is 0 Å². The molecule has 0 unspecified atom stereocenters. The monoisotopic (exact) mass is 429 g/mol. The van der Waals surface area contributed by atoms with Crippen molar-refractivity contribution in [2.45, 2.75) is 19.3 Å². The van der Waals surface area contributed by atoms with E-state index in [0.717, 1.165) is 13.2 Å². The van der Waals surface area contributed by atoms with E-state index in [1.54, 1.807) is 35.6 Å². The first-order valence-corrected chi connectivity index (χ1v) is 11.1. The summed E-state index contributed by atoms with van der Waals surface area (Å²) in [5, 5.41) is 6.49. The number of fused-ring (bicyclic) bond motifs is 1. The van der Waals surface area contributed by atoms with Gasteiger partial charge >= 0.3 is 0 Å². The van der Waals surface area contributed by atoms with Crippen LogP contribution in [-0.2, 0) is 9.47 Å². The number of rotatable bonds is 0. The van der Waals surface area contributed by atoms with Crippen molar-refractivity contribution >= 4 is 22.2 Å². The zero-order chi connectivity index (χ0) is 21.0. The van der Waals surface area contributed by atoms with Gasteiger partial charge < -0.3 is 24.2 Å². The fraction of sp³-hybridized carbons (Fsp3) is 0.348. The van der Waals surface area contributed by atoms with Crippen LogP contribution in [0.1, 0.15) is 19.3 Å². The summed E-state index contributed by atoms with van der Waals surface area (Å²) in [4.78, 5) is 6.86. The van der Waals surface area contributed by atoms with Crippen molar-refractivity contribution in [3.63, 3.8) is 0 Å². The number of hydrogen-bond donors (Lipinski definition) is 2. The number of ether oxygens (including phenoxy) is 2. The minimum Gasteiger partial charge on any atom is -0.473 e. The fourth-order valence-corrected chi connectivity index (χ4v) is 2.85. The number of thiazole rings is 1. The van der Waals surface area contributed by atoms with Crippen molar-refractivity contribution < 1.29 is 13.9 Å². The van der Waals surface area contributed by atoms with Crippen LogP contribution in [-0.4, -0.2) is 43.1 Å². The summed E-state index contributed by atoms with van der Waals surface area (Å²) in [6.07, 6.45) is 11.2. The molecule has 6 nitrogen and oxygen atoms in total. The Morgan fingerprint density at radius 3 is 2.03 bits per heavy atom. The molecule has 3 aromatic heterocycles. The molecule has 2 aliphatic heterocycles. The Bertz CT molecular complexity index is 701. The third-order valence-corrected chi connectivity index (χ3v) is 4.50. The minimum absolute atomic E-state index is 0.500. The Morgan fingerprint density at radius 1 is 0.867 bits per heavy atom. The molecular weight excluding hydrogens is 398 g/mol. The van der Waals surface area contributed by atoms with Crippen LogP contribution in [0.5, 0.6) is 0 Å². The van der Waals surface area contributed by atoms with Gasteiger partial charge in [0.25, 0.3) is 0 Å². The number of para-hydroxylation sites is 1. The van der Waals surface area contributed by atoms with Crippen LogP contribution in [0.15, 0.2) is 82.7 Å². The molecule has 6 rings (SSSR count). The Morgan fingerprint density at radius 2 is 1.63 bits per heavy atom. The molecule has 2 fully saturated rings. The molecule has 2 aliphatic rings. The molecule has 2 N–H and O–H groups in total. The number of aromatic amines is 1. The Hall–Kier alpha value is -2.45. The van der Waals surface area contributed by atoms with Gasteiger partial charge in [-0.1, -0.05) is 24.6 Å². The molecule has 7 heteroatoms. The van der Waals surface area contributed by atoms with Gasteiger partial charge in [0.15, 0.2) is 0 Å². The molecular formula is C23H31N3O3S. The average molecular weight is 430 g/mol. The predicted octanol–water partition coefficient (Wildman–Crippen LogP) is 5.34. The van der Waals surface area contributed by atoms with Gasteiger partial charge in [-0.05, 0) is 55.6 Å². The molecule has 0 radical (unpaired) electrons. The smallest absolute Gasteiger partial charge is 0.146 e. The second kappa shape index (κ2) is 17.4. The predicted molar refractivity (Wildman–Crippen MR) is 123 cm³/mol. The van der Waals surface area contributed by atoms with Crippen molar-refractivity contribution in [3.8, 4) is 0 Å². The summed E-state index contributed by atoms with van der Waals surface area (Å²) >= 11 is 1.60. The van der Waals surface area contributed by atoms with E-state index in [2.05, 4.69) is 37.9 Å². The molecule has 30 heavy (non-hydrogen) atoms. The van der Waals surface area contributed by atoms with E-state index in [1.807, 2.05) is 35.8 Å². The molecule has 0 aliphatic carbocycles. The largest absolute Gasteiger partial charge is 0.473 e. The van der Waals surface area contributed by atoms with Gasteiger partial charge in [-0.25, -0.2) is 0 Å². The maximum absolute atomic E-state index is 4.72. The summed E-state index contributed by atoms with van der Waals surface area (Å²) < 4.78 is 14.0. The van der Waals surface area contributed by atoms with Gasteiger partial charge in [-0.2, -0.15) is 0 Å². The number of nitrogens with zero attached hydrogens (tertiary/aromatic N) is 1. The lowest BCUT2D eigenvalue weighted by Crippen LogP contribution is -2.21. The highest BCUT2D eigenvalue weighted by Crippen LogP contribution is 2.09. The maximum Gasteiger partial charge on any atom is 0.146 e. The quantitative estimate of drug-likeness (QED) is 0.395. The number of nitrogens with one attached hydrogen (secondary N) is 2. The van der Waals surface area contributed by atoms with Gasteiger partial charge in [0, 0.05) is 23.3 Å². The molecule has 2 saturated heterocycles. The summed E-state index contributed by atoms with van der Waals surface area (Å²) in [7, 11) is 0. The zero-order valence-electron chi connectivity index (χ0n) is 17.2. The Labute approximate surface area is 182 Å². The number of benzene rings is 1. The Kier molecular flexibility index (Phi) is 13.8. The van der Waals surface area contributed by atoms with E-state index >= 15 is 0 Å². The summed E-state index contributed by atoms with van der Waals surface area (Å²) in [5.41, 5.74) is 3.00. The third kappa shape index (κ3) is 12.2. The van der Waals surface area contributed by atoms with Crippen molar-refractivity contribution in [3.05, 3.63) is 78.3 Å².